The first-order valence-electron chi connectivity index (χ1n) is 5.94. The molecule has 1 aromatic rings. The number of thiophene rings is 1. The maximum Gasteiger partial charge on any atom is 0.324 e. The Morgan fingerprint density at radius 3 is 2.89 bits per heavy atom. The predicted octanol–water partition coefficient (Wildman–Crippen LogP) is 1.28. The van der Waals surface area contributed by atoms with E-state index in [1.54, 1.807) is 0 Å². The topological polar surface area (TPSA) is 84.3 Å². The van der Waals surface area contributed by atoms with Crippen LogP contribution < -0.4 is 10.6 Å². The van der Waals surface area contributed by atoms with Crippen molar-refractivity contribution in [1.29, 1.82) is 0 Å². The summed E-state index contributed by atoms with van der Waals surface area (Å²) in [6.07, 6.45) is 3.24. The molecule has 3 heterocycles. The van der Waals surface area contributed by atoms with Gasteiger partial charge in [-0.15, -0.1) is 0 Å². The number of rotatable bonds is 3. The van der Waals surface area contributed by atoms with Crippen LogP contribution in [0.4, 0.5) is 5.00 Å². The van der Waals surface area contributed by atoms with Gasteiger partial charge in [0.05, 0.1) is 9.80 Å². The van der Waals surface area contributed by atoms with Crippen molar-refractivity contribution in [3.63, 3.8) is 0 Å². The summed E-state index contributed by atoms with van der Waals surface area (Å²) in [5.41, 5.74) is 0. The van der Waals surface area contributed by atoms with Gasteiger partial charge in [0.2, 0.25) is 0 Å². The third-order valence-corrected chi connectivity index (χ3v) is 4.65. The Bertz CT molecular complexity index is 501. The second-order valence-electron chi connectivity index (χ2n) is 4.76. The quantitative estimate of drug-likeness (QED) is 0.638. The highest BCUT2D eigenvalue weighted by atomic mass is 32.1. The molecule has 2 N–H and O–H groups in total. The van der Waals surface area contributed by atoms with E-state index in [1.165, 1.54) is 18.6 Å². The van der Waals surface area contributed by atoms with Crippen molar-refractivity contribution in [3.05, 3.63) is 27.1 Å². The lowest BCUT2D eigenvalue weighted by Crippen LogP contribution is -2.42. The van der Waals surface area contributed by atoms with Gasteiger partial charge in [-0.3, -0.25) is 14.9 Å². The summed E-state index contributed by atoms with van der Waals surface area (Å²) in [6.45, 7) is 0. The molecule has 18 heavy (non-hydrogen) atoms. The monoisotopic (exact) mass is 267 g/mol. The summed E-state index contributed by atoms with van der Waals surface area (Å²) in [6, 6.07) is 3.95. The number of hydrogen-bond donors (Lipinski definition) is 2. The van der Waals surface area contributed by atoms with Gasteiger partial charge in [0, 0.05) is 24.2 Å². The molecule has 2 fully saturated rings. The van der Waals surface area contributed by atoms with E-state index >= 15 is 0 Å². The first kappa shape index (κ1) is 11.6. The molecule has 1 amide bonds. The highest BCUT2D eigenvalue weighted by Crippen LogP contribution is 2.29. The average molecular weight is 267 g/mol. The van der Waals surface area contributed by atoms with Gasteiger partial charge in [0.1, 0.15) is 0 Å². The maximum absolute atomic E-state index is 12.0. The number of hydrogen-bond acceptors (Lipinski definition) is 5. The second-order valence-corrected chi connectivity index (χ2v) is 5.82. The Balaban J connectivity index is 1.65. The third kappa shape index (κ3) is 1.99. The summed E-state index contributed by atoms with van der Waals surface area (Å²) in [4.78, 5) is 22.5. The molecule has 2 aliphatic heterocycles. The van der Waals surface area contributed by atoms with Crippen molar-refractivity contribution in [3.8, 4) is 0 Å². The Labute approximate surface area is 108 Å². The highest BCUT2D eigenvalue weighted by molar-refractivity contribution is 7.17. The van der Waals surface area contributed by atoms with E-state index in [4.69, 9.17) is 0 Å². The molecular formula is C11H13N3O3S. The van der Waals surface area contributed by atoms with Gasteiger partial charge in [-0.05, 0) is 25.3 Å². The van der Waals surface area contributed by atoms with Crippen molar-refractivity contribution < 1.29 is 9.72 Å². The number of amides is 1. The van der Waals surface area contributed by atoms with Gasteiger partial charge in [-0.25, -0.2) is 0 Å². The van der Waals surface area contributed by atoms with E-state index in [9.17, 15) is 14.9 Å². The summed E-state index contributed by atoms with van der Waals surface area (Å²) in [5, 5.41) is 17.0. The SMILES string of the molecule is O=C(NC1CC2CCC1N2)c1ccc([N+](=O)[O-])s1. The zero-order valence-electron chi connectivity index (χ0n) is 9.59. The fraction of sp³-hybridized carbons (Fsp3) is 0.545. The second kappa shape index (κ2) is 4.33. The van der Waals surface area contributed by atoms with Crippen LogP contribution in [0.1, 0.15) is 28.9 Å². The van der Waals surface area contributed by atoms with Crippen LogP contribution >= 0.6 is 11.3 Å². The van der Waals surface area contributed by atoms with Crippen LogP contribution in [0.25, 0.3) is 0 Å². The maximum atomic E-state index is 12.0. The van der Waals surface area contributed by atoms with Crippen molar-refractivity contribution in [2.24, 2.45) is 0 Å². The summed E-state index contributed by atoms with van der Waals surface area (Å²) in [7, 11) is 0. The Morgan fingerprint density at radius 1 is 1.50 bits per heavy atom. The van der Waals surface area contributed by atoms with Gasteiger partial charge in [0.15, 0.2) is 0 Å². The van der Waals surface area contributed by atoms with E-state index in [0.29, 0.717) is 17.0 Å². The molecule has 3 atom stereocenters. The lowest BCUT2D eigenvalue weighted by atomic mass is 9.95. The van der Waals surface area contributed by atoms with Crippen molar-refractivity contribution in [1.82, 2.24) is 10.6 Å². The standard InChI is InChI=1S/C11H13N3O3S/c15-11(9-3-4-10(18-9)14(16)17)13-8-5-6-1-2-7(8)12-6/h3-4,6-8,12H,1-2,5H2,(H,13,15). The molecule has 2 saturated heterocycles. The van der Waals surface area contributed by atoms with Crippen molar-refractivity contribution in [2.45, 2.75) is 37.4 Å². The zero-order chi connectivity index (χ0) is 12.7. The van der Waals surface area contributed by atoms with Gasteiger partial charge in [0.25, 0.3) is 5.91 Å². The first-order valence-corrected chi connectivity index (χ1v) is 6.76. The fourth-order valence-electron chi connectivity index (χ4n) is 2.77. The Hall–Kier alpha value is -1.47. The smallest absolute Gasteiger partial charge is 0.324 e. The zero-order valence-corrected chi connectivity index (χ0v) is 10.4. The van der Waals surface area contributed by atoms with Crippen molar-refractivity contribution >= 4 is 22.2 Å². The molecule has 1 aromatic heterocycles. The van der Waals surface area contributed by atoms with Crippen LogP contribution in [0, 0.1) is 10.1 Å². The first-order chi connectivity index (χ1) is 8.63. The molecule has 3 rings (SSSR count). The Kier molecular flexibility index (Phi) is 2.79. The molecule has 3 unspecified atom stereocenters. The van der Waals surface area contributed by atoms with Crippen molar-refractivity contribution in [2.75, 3.05) is 0 Å². The normalized spacial score (nSPS) is 29.4. The minimum absolute atomic E-state index is 0.00576. The molecule has 0 radical (unpaired) electrons. The summed E-state index contributed by atoms with van der Waals surface area (Å²) < 4.78 is 0. The number of nitro groups is 1. The molecule has 6 nitrogen and oxygen atoms in total. The Morgan fingerprint density at radius 2 is 2.33 bits per heavy atom. The third-order valence-electron chi connectivity index (χ3n) is 3.61. The summed E-state index contributed by atoms with van der Waals surface area (Å²) >= 11 is 0.921. The van der Waals surface area contributed by atoms with E-state index in [0.717, 1.165) is 24.2 Å². The number of carbonyl (C=O) groups excluding carboxylic acids is 1. The van der Waals surface area contributed by atoms with Gasteiger partial charge in [-0.2, -0.15) is 0 Å². The molecule has 7 heteroatoms. The van der Waals surface area contributed by atoms with E-state index < -0.39 is 4.92 Å². The minimum atomic E-state index is -0.472. The molecule has 2 aliphatic rings. The molecule has 0 spiro atoms. The molecule has 2 bridgehead atoms. The number of nitrogens with one attached hydrogen (secondary N) is 2. The van der Waals surface area contributed by atoms with Gasteiger partial charge in [-0.1, -0.05) is 11.3 Å². The van der Waals surface area contributed by atoms with Crippen LogP contribution in [0.3, 0.4) is 0 Å². The molecule has 0 aromatic carbocycles. The summed E-state index contributed by atoms with van der Waals surface area (Å²) in [5.74, 6) is -0.201. The van der Waals surface area contributed by atoms with Crippen LogP contribution in [0.5, 0.6) is 0 Å². The highest BCUT2D eigenvalue weighted by Gasteiger charge is 2.39. The van der Waals surface area contributed by atoms with Crippen LogP contribution in [-0.4, -0.2) is 29.0 Å². The average Bonchev–Trinajstić information content (AvgIpc) is 3.04. The molecule has 96 valence electrons. The predicted molar refractivity (Wildman–Crippen MR) is 66.8 cm³/mol. The lowest BCUT2D eigenvalue weighted by molar-refractivity contribution is -0.380. The largest absolute Gasteiger partial charge is 0.347 e. The van der Waals surface area contributed by atoms with Crippen LogP contribution in [0.2, 0.25) is 0 Å². The van der Waals surface area contributed by atoms with Crippen LogP contribution in [-0.2, 0) is 0 Å². The number of carbonyl (C=O) groups is 1. The molecule has 0 aliphatic carbocycles. The van der Waals surface area contributed by atoms with Gasteiger partial charge < -0.3 is 10.6 Å². The van der Waals surface area contributed by atoms with E-state index in [2.05, 4.69) is 10.6 Å². The number of nitrogens with zero attached hydrogens (tertiary/aromatic N) is 1. The van der Waals surface area contributed by atoms with E-state index in [-0.39, 0.29) is 17.0 Å². The molecular weight excluding hydrogens is 254 g/mol. The molecule has 0 saturated carbocycles. The number of fused-ring (bicyclic) bond motifs is 2. The fourth-order valence-corrected chi connectivity index (χ4v) is 3.49. The van der Waals surface area contributed by atoms with Crippen LogP contribution in [0.15, 0.2) is 12.1 Å². The van der Waals surface area contributed by atoms with E-state index in [1.807, 2.05) is 0 Å². The lowest BCUT2D eigenvalue weighted by Gasteiger charge is -2.20. The van der Waals surface area contributed by atoms with Gasteiger partial charge >= 0.3 is 5.00 Å². The minimum Gasteiger partial charge on any atom is -0.347 e.